The van der Waals surface area contributed by atoms with Gasteiger partial charge >= 0.3 is 5.97 Å². The van der Waals surface area contributed by atoms with Gasteiger partial charge in [0.05, 0.1) is 0 Å². The van der Waals surface area contributed by atoms with Crippen LogP contribution in [0.5, 0.6) is 0 Å². The van der Waals surface area contributed by atoms with E-state index < -0.39 is 12.1 Å². The molecule has 0 spiro atoms. The zero-order valence-electron chi connectivity index (χ0n) is 12.2. The number of thiophene rings is 1. The standard InChI is InChI=1S/C16H17NO3S/c1-10-4-7-13(8-5-10)17-15(18)12(3)20-16(19)14-9-6-11(2)21-14/h4-9,12H,1-3H3,(H,17,18)/t12-/m0/s1. The molecule has 0 saturated heterocycles. The van der Waals surface area contributed by atoms with Crippen molar-refractivity contribution < 1.29 is 14.3 Å². The van der Waals surface area contributed by atoms with E-state index in [1.54, 1.807) is 13.0 Å². The summed E-state index contributed by atoms with van der Waals surface area (Å²) in [6, 6.07) is 11.0. The van der Waals surface area contributed by atoms with Crippen molar-refractivity contribution >= 4 is 28.9 Å². The zero-order valence-corrected chi connectivity index (χ0v) is 13.0. The highest BCUT2D eigenvalue weighted by atomic mass is 32.1. The maximum Gasteiger partial charge on any atom is 0.349 e. The van der Waals surface area contributed by atoms with Gasteiger partial charge in [0, 0.05) is 10.6 Å². The first kappa shape index (κ1) is 15.3. The number of ether oxygens (including phenoxy) is 1. The van der Waals surface area contributed by atoms with Crippen molar-refractivity contribution in [1.29, 1.82) is 0 Å². The van der Waals surface area contributed by atoms with Gasteiger partial charge in [-0.1, -0.05) is 17.7 Å². The first-order chi connectivity index (χ1) is 9.95. The lowest BCUT2D eigenvalue weighted by atomic mass is 10.2. The molecular formula is C16H17NO3S. The SMILES string of the molecule is Cc1ccc(NC(=O)[C@H](C)OC(=O)c2ccc(C)s2)cc1. The second kappa shape index (κ2) is 6.54. The fourth-order valence-corrected chi connectivity index (χ4v) is 2.45. The first-order valence-electron chi connectivity index (χ1n) is 6.60. The molecule has 2 rings (SSSR count). The van der Waals surface area contributed by atoms with Crippen LogP contribution < -0.4 is 5.32 Å². The molecule has 2 aromatic rings. The van der Waals surface area contributed by atoms with Crippen LogP contribution in [0.1, 0.15) is 27.0 Å². The molecule has 110 valence electrons. The number of carbonyl (C=O) groups is 2. The van der Waals surface area contributed by atoms with Gasteiger partial charge in [0.25, 0.3) is 5.91 Å². The van der Waals surface area contributed by atoms with Crippen LogP contribution in [-0.2, 0) is 9.53 Å². The monoisotopic (exact) mass is 303 g/mol. The molecular weight excluding hydrogens is 286 g/mol. The molecule has 1 amide bonds. The Morgan fingerprint density at radius 1 is 1.10 bits per heavy atom. The van der Waals surface area contributed by atoms with Crippen LogP contribution in [0.4, 0.5) is 5.69 Å². The minimum Gasteiger partial charge on any atom is -0.448 e. The number of nitrogens with one attached hydrogen (secondary N) is 1. The van der Waals surface area contributed by atoms with Crippen LogP contribution >= 0.6 is 11.3 Å². The molecule has 4 nitrogen and oxygen atoms in total. The third-order valence-corrected chi connectivity index (χ3v) is 3.89. The van der Waals surface area contributed by atoms with Gasteiger partial charge in [-0.3, -0.25) is 4.79 Å². The Morgan fingerprint density at radius 3 is 2.33 bits per heavy atom. The van der Waals surface area contributed by atoms with Gasteiger partial charge in [0.2, 0.25) is 0 Å². The number of amides is 1. The summed E-state index contributed by atoms with van der Waals surface area (Å²) in [6.45, 7) is 5.44. The van der Waals surface area contributed by atoms with Crippen molar-refractivity contribution in [2.45, 2.75) is 26.9 Å². The Bertz CT molecular complexity index is 646. The molecule has 1 aromatic heterocycles. The topological polar surface area (TPSA) is 55.4 Å². The largest absolute Gasteiger partial charge is 0.448 e. The summed E-state index contributed by atoms with van der Waals surface area (Å²) >= 11 is 1.35. The predicted octanol–water partition coefficient (Wildman–Crippen LogP) is 3.55. The maximum atomic E-state index is 12.0. The van der Waals surface area contributed by atoms with Crippen LogP contribution in [0.25, 0.3) is 0 Å². The third kappa shape index (κ3) is 4.16. The molecule has 0 saturated carbocycles. The fourth-order valence-electron chi connectivity index (χ4n) is 1.70. The van der Waals surface area contributed by atoms with Crippen LogP contribution in [0.15, 0.2) is 36.4 Å². The van der Waals surface area contributed by atoms with E-state index in [0.29, 0.717) is 10.6 Å². The molecule has 21 heavy (non-hydrogen) atoms. The number of anilines is 1. The minimum absolute atomic E-state index is 0.347. The average molecular weight is 303 g/mol. The van der Waals surface area contributed by atoms with Gasteiger partial charge in [-0.25, -0.2) is 4.79 Å². The molecule has 1 atom stereocenters. The van der Waals surface area contributed by atoms with E-state index in [9.17, 15) is 9.59 Å². The first-order valence-corrected chi connectivity index (χ1v) is 7.42. The number of aryl methyl sites for hydroxylation is 2. The lowest BCUT2D eigenvalue weighted by Gasteiger charge is -2.13. The van der Waals surface area contributed by atoms with Crippen molar-refractivity contribution in [3.8, 4) is 0 Å². The number of hydrogen-bond acceptors (Lipinski definition) is 4. The van der Waals surface area contributed by atoms with Crippen molar-refractivity contribution in [2.24, 2.45) is 0 Å². The number of hydrogen-bond donors (Lipinski definition) is 1. The van der Waals surface area contributed by atoms with Gasteiger partial charge in [0.1, 0.15) is 4.88 Å². The highest BCUT2D eigenvalue weighted by Gasteiger charge is 2.19. The fraction of sp³-hybridized carbons (Fsp3) is 0.250. The number of rotatable bonds is 4. The Kier molecular flexibility index (Phi) is 4.75. The normalized spacial score (nSPS) is 11.8. The lowest BCUT2D eigenvalue weighted by molar-refractivity contribution is -0.123. The maximum absolute atomic E-state index is 12.0. The van der Waals surface area contributed by atoms with Crippen LogP contribution in [-0.4, -0.2) is 18.0 Å². The average Bonchev–Trinajstić information content (AvgIpc) is 2.88. The Morgan fingerprint density at radius 2 is 1.76 bits per heavy atom. The molecule has 0 unspecified atom stereocenters. The van der Waals surface area contributed by atoms with E-state index in [2.05, 4.69) is 5.32 Å². The van der Waals surface area contributed by atoms with Crippen molar-refractivity contribution in [3.05, 3.63) is 51.7 Å². The van der Waals surface area contributed by atoms with Crippen LogP contribution in [0.2, 0.25) is 0 Å². The van der Waals surface area contributed by atoms with Crippen LogP contribution in [0, 0.1) is 13.8 Å². The summed E-state index contributed by atoms with van der Waals surface area (Å²) in [7, 11) is 0. The summed E-state index contributed by atoms with van der Waals surface area (Å²) in [5.41, 5.74) is 1.79. The number of carbonyl (C=O) groups excluding carboxylic acids is 2. The smallest absolute Gasteiger partial charge is 0.349 e. The van der Waals surface area contributed by atoms with Crippen molar-refractivity contribution in [1.82, 2.24) is 0 Å². The van der Waals surface area contributed by atoms with E-state index in [1.165, 1.54) is 11.3 Å². The van der Waals surface area contributed by atoms with Gasteiger partial charge in [0.15, 0.2) is 6.10 Å². The second-order valence-corrected chi connectivity index (χ2v) is 6.10. The van der Waals surface area contributed by atoms with Gasteiger partial charge < -0.3 is 10.1 Å². The summed E-state index contributed by atoms with van der Waals surface area (Å²) in [6.07, 6.45) is -0.846. The minimum atomic E-state index is -0.846. The quantitative estimate of drug-likeness (QED) is 0.879. The highest BCUT2D eigenvalue weighted by molar-refractivity contribution is 7.13. The Labute approximate surface area is 127 Å². The molecule has 0 fully saturated rings. The van der Waals surface area contributed by atoms with Gasteiger partial charge in [-0.05, 0) is 45.0 Å². The number of benzene rings is 1. The van der Waals surface area contributed by atoms with Gasteiger partial charge in [-0.2, -0.15) is 0 Å². The molecule has 5 heteroatoms. The summed E-state index contributed by atoms with van der Waals surface area (Å²) < 4.78 is 5.17. The third-order valence-electron chi connectivity index (χ3n) is 2.91. The molecule has 0 aliphatic heterocycles. The molecule has 0 aliphatic rings. The van der Waals surface area contributed by atoms with E-state index in [1.807, 2.05) is 44.2 Å². The van der Waals surface area contributed by atoms with Crippen LogP contribution in [0.3, 0.4) is 0 Å². The molecule has 0 bridgehead atoms. The summed E-state index contributed by atoms with van der Waals surface area (Å²) in [5.74, 6) is -0.819. The second-order valence-electron chi connectivity index (χ2n) is 4.81. The Hall–Kier alpha value is -2.14. The Balaban J connectivity index is 1.93. The lowest BCUT2D eigenvalue weighted by Crippen LogP contribution is -2.29. The molecule has 0 radical (unpaired) electrons. The van der Waals surface area contributed by atoms with Crippen molar-refractivity contribution in [2.75, 3.05) is 5.32 Å². The molecule has 0 aliphatic carbocycles. The summed E-state index contributed by atoms with van der Waals surface area (Å²) in [5, 5.41) is 2.72. The molecule has 1 aromatic carbocycles. The number of esters is 1. The van der Waals surface area contributed by atoms with E-state index in [4.69, 9.17) is 4.74 Å². The molecule has 1 N–H and O–H groups in total. The summed E-state index contributed by atoms with van der Waals surface area (Å²) in [4.78, 5) is 25.4. The van der Waals surface area contributed by atoms with E-state index >= 15 is 0 Å². The zero-order chi connectivity index (χ0) is 15.4. The van der Waals surface area contributed by atoms with Crippen molar-refractivity contribution in [3.63, 3.8) is 0 Å². The van der Waals surface area contributed by atoms with E-state index in [-0.39, 0.29) is 5.91 Å². The highest BCUT2D eigenvalue weighted by Crippen LogP contribution is 2.17. The van der Waals surface area contributed by atoms with E-state index in [0.717, 1.165) is 10.4 Å². The van der Waals surface area contributed by atoms with Gasteiger partial charge in [-0.15, -0.1) is 11.3 Å². The molecule has 1 heterocycles. The predicted molar refractivity (Wildman–Crippen MR) is 83.7 cm³/mol.